The van der Waals surface area contributed by atoms with Gasteiger partial charge in [-0.15, -0.1) is 0 Å². The fourth-order valence-electron chi connectivity index (χ4n) is 1.33. The second-order valence-corrected chi connectivity index (χ2v) is 3.45. The molecule has 1 aromatic rings. The van der Waals surface area contributed by atoms with Crippen molar-refractivity contribution in [3.05, 3.63) is 23.9 Å². The van der Waals surface area contributed by atoms with Gasteiger partial charge in [-0.1, -0.05) is 0 Å². The minimum absolute atomic E-state index is 0.164. The topological polar surface area (TPSA) is 66.0 Å². The summed E-state index contributed by atoms with van der Waals surface area (Å²) in [4.78, 5) is 4.93. The molecular formula is C10H13F3N4. The highest BCUT2D eigenvalue weighted by molar-refractivity contribution is 5.95. The Balaban J connectivity index is 2.96. The summed E-state index contributed by atoms with van der Waals surface area (Å²) >= 11 is 0. The number of alkyl halides is 3. The van der Waals surface area contributed by atoms with Crippen molar-refractivity contribution < 1.29 is 13.2 Å². The van der Waals surface area contributed by atoms with Gasteiger partial charge in [0.05, 0.1) is 0 Å². The van der Waals surface area contributed by atoms with Crippen LogP contribution in [-0.2, 0) is 0 Å². The molecule has 0 saturated carbocycles. The Morgan fingerprint density at radius 3 is 2.65 bits per heavy atom. The molecule has 0 aromatic carbocycles. The molecule has 0 spiro atoms. The van der Waals surface area contributed by atoms with Crippen LogP contribution in [0.2, 0.25) is 0 Å². The molecule has 17 heavy (non-hydrogen) atoms. The van der Waals surface area contributed by atoms with E-state index in [1.807, 2.05) is 0 Å². The van der Waals surface area contributed by atoms with Crippen LogP contribution in [0.4, 0.5) is 19.0 Å². The molecule has 1 rings (SSSR count). The Labute approximate surface area is 96.8 Å². The maximum absolute atomic E-state index is 12.3. The van der Waals surface area contributed by atoms with Gasteiger partial charge < -0.3 is 10.6 Å². The number of halogens is 3. The van der Waals surface area contributed by atoms with Crippen molar-refractivity contribution in [3.8, 4) is 0 Å². The first-order valence-corrected chi connectivity index (χ1v) is 4.95. The molecule has 4 nitrogen and oxygen atoms in total. The minimum Gasteiger partial charge on any atom is -0.384 e. The third kappa shape index (κ3) is 3.93. The number of nitrogens with one attached hydrogen (secondary N) is 1. The zero-order valence-corrected chi connectivity index (χ0v) is 9.25. The van der Waals surface area contributed by atoms with E-state index in [1.54, 1.807) is 6.92 Å². The van der Waals surface area contributed by atoms with Crippen LogP contribution in [0.15, 0.2) is 18.3 Å². The van der Waals surface area contributed by atoms with Gasteiger partial charge in [0, 0.05) is 18.3 Å². The Kier molecular flexibility index (Phi) is 3.93. The highest BCUT2D eigenvalue weighted by atomic mass is 19.4. The molecule has 1 aromatic heterocycles. The molecule has 7 heteroatoms. The van der Waals surface area contributed by atoms with Gasteiger partial charge in [0.1, 0.15) is 18.2 Å². The predicted octanol–water partition coefficient (Wildman–Crippen LogP) is 1.75. The molecule has 0 saturated heterocycles. The van der Waals surface area contributed by atoms with Crippen molar-refractivity contribution in [1.82, 2.24) is 4.98 Å². The van der Waals surface area contributed by atoms with Crippen molar-refractivity contribution in [1.29, 1.82) is 5.41 Å². The number of aromatic nitrogens is 1. The van der Waals surface area contributed by atoms with Gasteiger partial charge >= 0.3 is 6.18 Å². The molecule has 0 bridgehead atoms. The van der Waals surface area contributed by atoms with Crippen molar-refractivity contribution >= 4 is 11.7 Å². The lowest BCUT2D eigenvalue weighted by atomic mass is 10.2. The normalized spacial score (nSPS) is 11.3. The van der Waals surface area contributed by atoms with Gasteiger partial charge in [0.25, 0.3) is 0 Å². The smallest absolute Gasteiger partial charge is 0.384 e. The third-order valence-electron chi connectivity index (χ3n) is 2.13. The SMILES string of the molecule is CCN(CC(F)(F)F)c1cc(C(=N)N)ccn1. The Hall–Kier alpha value is -1.79. The Morgan fingerprint density at radius 2 is 2.18 bits per heavy atom. The lowest BCUT2D eigenvalue weighted by Gasteiger charge is -2.23. The number of anilines is 1. The molecule has 1 heterocycles. The molecule has 0 amide bonds. The number of amidine groups is 1. The molecule has 0 aliphatic rings. The number of hydrogen-bond donors (Lipinski definition) is 2. The van der Waals surface area contributed by atoms with Crippen LogP contribution in [0, 0.1) is 5.41 Å². The van der Waals surface area contributed by atoms with Gasteiger partial charge in [0.15, 0.2) is 0 Å². The molecule has 3 N–H and O–H groups in total. The molecule has 0 aliphatic heterocycles. The number of hydrogen-bond acceptors (Lipinski definition) is 3. The maximum Gasteiger partial charge on any atom is 0.405 e. The average molecular weight is 246 g/mol. The molecular weight excluding hydrogens is 233 g/mol. The standard InChI is InChI=1S/C10H13F3N4/c1-2-17(6-10(11,12)13)8-5-7(9(14)15)3-4-16-8/h3-5H,2,6H2,1H3,(H3,14,15). The number of nitrogens with two attached hydrogens (primary N) is 1. The van der Waals surface area contributed by atoms with E-state index < -0.39 is 12.7 Å². The summed E-state index contributed by atoms with van der Waals surface area (Å²) in [6.45, 7) is 0.708. The summed E-state index contributed by atoms with van der Waals surface area (Å²) in [6, 6.07) is 2.85. The van der Waals surface area contributed by atoms with Crippen LogP contribution in [-0.4, -0.2) is 30.1 Å². The predicted molar refractivity (Wildman–Crippen MR) is 59.2 cm³/mol. The second kappa shape index (κ2) is 5.03. The van der Waals surface area contributed by atoms with Gasteiger partial charge in [0.2, 0.25) is 0 Å². The van der Waals surface area contributed by atoms with E-state index >= 15 is 0 Å². The summed E-state index contributed by atoms with van der Waals surface area (Å²) < 4.78 is 36.9. The number of pyridine rings is 1. The van der Waals surface area contributed by atoms with E-state index in [1.165, 1.54) is 18.3 Å². The van der Waals surface area contributed by atoms with Gasteiger partial charge in [-0.2, -0.15) is 13.2 Å². The largest absolute Gasteiger partial charge is 0.405 e. The van der Waals surface area contributed by atoms with Crippen LogP contribution in [0.1, 0.15) is 12.5 Å². The van der Waals surface area contributed by atoms with Crippen LogP contribution < -0.4 is 10.6 Å². The second-order valence-electron chi connectivity index (χ2n) is 3.45. The van der Waals surface area contributed by atoms with Gasteiger partial charge in [-0.25, -0.2) is 4.98 Å². The Morgan fingerprint density at radius 1 is 1.53 bits per heavy atom. The monoisotopic (exact) mass is 246 g/mol. The fourth-order valence-corrected chi connectivity index (χ4v) is 1.33. The van der Waals surface area contributed by atoms with Crippen molar-refractivity contribution in [2.75, 3.05) is 18.0 Å². The summed E-state index contributed by atoms with van der Waals surface area (Å²) in [7, 11) is 0. The first-order valence-electron chi connectivity index (χ1n) is 4.95. The number of nitrogen functional groups attached to an aromatic ring is 1. The van der Waals surface area contributed by atoms with Crippen LogP contribution in [0.25, 0.3) is 0 Å². The van der Waals surface area contributed by atoms with E-state index in [0.29, 0.717) is 5.56 Å². The summed E-state index contributed by atoms with van der Waals surface area (Å²) in [5.41, 5.74) is 5.62. The quantitative estimate of drug-likeness (QED) is 0.628. The van der Waals surface area contributed by atoms with Crippen LogP contribution in [0.3, 0.4) is 0 Å². The average Bonchev–Trinajstić information content (AvgIpc) is 2.25. The minimum atomic E-state index is -4.29. The molecule has 0 atom stereocenters. The lowest BCUT2D eigenvalue weighted by molar-refractivity contribution is -0.119. The summed E-state index contributed by atoms with van der Waals surface area (Å²) in [5, 5.41) is 7.22. The molecule has 0 unspecified atom stereocenters. The van der Waals surface area contributed by atoms with Crippen LogP contribution in [0.5, 0.6) is 0 Å². The zero-order chi connectivity index (χ0) is 13.1. The van der Waals surface area contributed by atoms with E-state index in [-0.39, 0.29) is 18.2 Å². The third-order valence-corrected chi connectivity index (χ3v) is 2.13. The molecule has 94 valence electrons. The molecule has 0 aliphatic carbocycles. The number of rotatable bonds is 4. The van der Waals surface area contributed by atoms with E-state index in [2.05, 4.69) is 4.98 Å². The fraction of sp³-hybridized carbons (Fsp3) is 0.400. The Bertz CT molecular complexity index is 403. The van der Waals surface area contributed by atoms with E-state index in [0.717, 1.165) is 4.90 Å². The maximum atomic E-state index is 12.3. The van der Waals surface area contributed by atoms with Gasteiger partial charge in [-0.3, -0.25) is 5.41 Å². The van der Waals surface area contributed by atoms with Gasteiger partial charge in [-0.05, 0) is 19.1 Å². The van der Waals surface area contributed by atoms with Crippen LogP contribution >= 0.6 is 0 Å². The molecule has 0 radical (unpaired) electrons. The lowest BCUT2D eigenvalue weighted by Crippen LogP contribution is -2.34. The van der Waals surface area contributed by atoms with Crippen molar-refractivity contribution in [2.45, 2.75) is 13.1 Å². The first kappa shape index (κ1) is 13.3. The van der Waals surface area contributed by atoms with E-state index in [9.17, 15) is 13.2 Å². The van der Waals surface area contributed by atoms with Crippen molar-refractivity contribution in [3.63, 3.8) is 0 Å². The highest BCUT2D eigenvalue weighted by Crippen LogP contribution is 2.20. The summed E-state index contributed by atoms with van der Waals surface area (Å²) in [5.74, 6) is -0.0331. The van der Waals surface area contributed by atoms with E-state index in [4.69, 9.17) is 11.1 Å². The zero-order valence-electron chi connectivity index (χ0n) is 9.25. The number of nitrogens with zero attached hydrogens (tertiary/aromatic N) is 2. The first-order chi connectivity index (χ1) is 7.83. The highest BCUT2D eigenvalue weighted by Gasteiger charge is 2.30. The van der Waals surface area contributed by atoms with Crippen molar-refractivity contribution in [2.24, 2.45) is 5.73 Å². The molecule has 0 fully saturated rings. The summed E-state index contributed by atoms with van der Waals surface area (Å²) in [6.07, 6.45) is -2.95.